The Morgan fingerprint density at radius 3 is 2.45 bits per heavy atom. The number of carbonyl (C=O) groups is 1. The van der Waals surface area contributed by atoms with E-state index in [1.165, 1.54) is 12.1 Å². The van der Waals surface area contributed by atoms with E-state index < -0.39 is 0 Å². The van der Waals surface area contributed by atoms with Gasteiger partial charge in [0.2, 0.25) is 0 Å². The normalized spacial score (nSPS) is 17.5. The Bertz CT molecular complexity index is 1120. The van der Waals surface area contributed by atoms with Crippen molar-refractivity contribution in [3.05, 3.63) is 59.5 Å². The van der Waals surface area contributed by atoms with Crippen LogP contribution in [0.4, 0.5) is 10.1 Å². The number of morpholine rings is 1. The number of ether oxygens (including phenoxy) is 2. The number of nitrogens with one attached hydrogen (secondary N) is 1. The molecule has 2 aliphatic heterocycles. The van der Waals surface area contributed by atoms with Crippen LogP contribution in [0.25, 0.3) is 10.9 Å². The maximum Gasteiger partial charge on any atom is 0.270 e. The zero-order valence-electron chi connectivity index (χ0n) is 18.8. The molecule has 33 heavy (non-hydrogen) atoms. The predicted octanol–water partition coefficient (Wildman–Crippen LogP) is 3.11. The largest absolute Gasteiger partial charge is 0.497 e. The van der Waals surface area contributed by atoms with Crippen molar-refractivity contribution in [1.29, 1.82) is 0 Å². The minimum Gasteiger partial charge on any atom is -0.497 e. The Hall–Kier alpha value is -3.10. The van der Waals surface area contributed by atoms with Gasteiger partial charge in [0.15, 0.2) is 0 Å². The highest BCUT2D eigenvalue weighted by Crippen LogP contribution is 2.27. The van der Waals surface area contributed by atoms with Crippen molar-refractivity contribution < 1.29 is 18.7 Å². The van der Waals surface area contributed by atoms with Gasteiger partial charge in [-0.1, -0.05) is 0 Å². The molecule has 5 rings (SSSR count). The fourth-order valence-electron chi connectivity index (χ4n) is 4.67. The third kappa shape index (κ3) is 4.54. The minimum absolute atomic E-state index is 0.0238. The van der Waals surface area contributed by atoms with Crippen molar-refractivity contribution in [3.63, 3.8) is 0 Å². The number of nitrogens with zero attached hydrogens (tertiary/aromatic N) is 3. The van der Waals surface area contributed by atoms with Crippen molar-refractivity contribution in [2.75, 3.05) is 64.5 Å². The van der Waals surface area contributed by atoms with E-state index >= 15 is 0 Å². The van der Waals surface area contributed by atoms with Crippen molar-refractivity contribution in [2.24, 2.45) is 0 Å². The maximum atomic E-state index is 14.1. The lowest BCUT2D eigenvalue weighted by Gasteiger charge is -2.36. The average molecular weight is 453 g/mol. The second-order valence-corrected chi connectivity index (χ2v) is 8.53. The molecular weight excluding hydrogens is 423 g/mol. The second kappa shape index (κ2) is 9.41. The number of hydrogen-bond donors (Lipinski definition) is 1. The third-order valence-electron chi connectivity index (χ3n) is 6.57. The van der Waals surface area contributed by atoms with Crippen molar-refractivity contribution in [3.8, 4) is 5.75 Å². The summed E-state index contributed by atoms with van der Waals surface area (Å²) < 4.78 is 24.8. The Morgan fingerprint density at radius 1 is 1.03 bits per heavy atom. The van der Waals surface area contributed by atoms with Gasteiger partial charge in [-0.05, 0) is 42.5 Å². The number of H-pyrrole nitrogens is 1. The number of piperazine rings is 1. The van der Waals surface area contributed by atoms with Gasteiger partial charge in [0.05, 0.1) is 20.3 Å². The summed E-state index contributed by atoms with van der Waals surface area (Å²) in [5, 5.41) is 0.779. The van der Waals surface area contributed by atoms with Crippen molar-refractivity contribution >= 4 is 22.5 Å². The number of anilines is 1. The standard InChI is InChI=1S/C25H29FN4O3/c1-32-20-5-3-19(4-6-20)29-8-10-30(11-9-29)25(31)24-22(17-28-12-14-33-15-13-28)21-16-18(26)2-7-23(21)27-24/h2-7,16,27H,8-15,17H2,1H3. The van der Waals surface area contributed by atoms with E-state index in [-0.39, 0.29) is 11.7 Å². The topological polar surface area (TPSA) is 61.0 Å². The lowest BCUT2D eigenvalue weighted by atomic mass is 10.1. The first kappa shape index (κ1) is 21.7. The molecule has 3 aromatic rings. The molecule has 0 radical (unpaired) electrons. The molecule has 1 amide bonds. The maximum absolute atomic E-state index is 14.1. The summed E-state index contributed by atoms with van der Waals surface area (Å²) in [5.41, 5.74) is 3.35. The van der Waals surface area contributed by atoms with E-state index in [0.29, 0.717) is 38.5 Å². The lowest BCUT2D eigenvalue weighted by molar-refractivity contribution is 0.0341. The van der Waals surface area contributed by atoms with E-state index in [9.17, 15) is 9.18 Å². The molecule has 0 aliphatic carbocycles. The molecule has 1 N–H and O–H groups in total. The Balaban J connectivity index is 1.35. The van der Waals surface area contributed by atoms with Crippen LogP contribution in [0.5, 0.6) is 5.75 Å². The van der Waals surface area contributed by atoms with Gasteiger partial charge in [-0.2, -0.15) is 0 Å². The van der Waals surface area contributed by atoms with Crippen LogP contribution in [0.1, 0.15) is 16.1 Å². The average Bonchev–Trinajstić information content (AvgIpc) is 3.21. The van der Waals surface area contributed by atoms with Crippen LogP contribution in [0, 0.1) is 5.82 Å². The summed E-state index contributed by atoms with van der Waals surface area (Å²) in [4.78, 5) is 23.3. The molecule has 0 bridgehead atoms. The van der Waals surface area contributed by atoms with Crippen LogP contribution in [0.3, 0.4) is 0 Å². The lowest BCUT2D eigenvalue weighted by Crippen LogP contribution is -2.49. The Morgan fingerprint density at radius 2 is 1.76 bits per heavy atom. The van der Waals surface area contributed by atoms with E-state index in [2.05, 4.69) is 14.8 Å². The van der Waals surface area contributed by atoms with Crippen LogP contribution in [0.2, 0.25) is 0 Å². The van der Waals surface area contributed by atoms with Crippen molar-refractivity contribution in [1.82, 2.24) is 14.8 Å². The molecule has 0 unspecified atom stereocenters. The molecular formula is C25H29FN4O3. The number of rotatable bonds is 5. The zero-order valence-corrected chi connectivity index (χ0v) is 18.8. The monoisotopic (exact) mass is 452 g/mol. The summed E-state index contributed by atoms with van der Waals surface area (Å²) >= 11 is 0. The molecule has 2 aliphatic rings. The van der Waals surface area contributed by atoms with Gasteiger partial charge in [-0.15, -0.1) is 0 Å². The number of halogens is 1. The molecule has 174 valence electrons. The predicted molar refractivity (Wildman–Crippen MR) is 125 cm³/mol. The number of methoxy groups -OCH3 is 1. The Kier molecular flexibility index (Phi) is 6.20. The number of amides is 1. The quantitative estimate of drug-likeness (QED) is 0.645. The zero-order chi connectivity index (χ0) is 22.8. The van der Waals surface area contributed by atoms with Gasteiger partial charge < -0.3 is 24.3 Å². The van der Waals surface area contributed by atoms with Crippen LogP contribution >= 0.6 is 0 Å². The van der Waals surface area contributed by atoms with Gasteiger partial charge in [-0.25, -0.2) is 4.39 Å². The third-order valence-corrected chi connectivity index (χ3v) is 6.57. The van der Waals surface area contributed by atoms with E-state index in [1.807, 2.05) is 29.2 Å². The molecule has 0 atom stereocenters. The van der Waals surface area contributed by atoms with E-state index in [1.54, 1.807) is 13.2 Å². The highest BCUT2D eigenvalue weighted by Gasteiger charge is 2.27. The fourth-order valence-corrected chi connectivity index (χ4v) is 4.67. The summed E-state index contributed by atoms with van der Waals surface area (Å²) in [6.45, 7) is 6.32. The van der Waals surface area contributed by atoms with Crippen LogP contribution < -0.4 is 9.64 Å². The molecule has 2 saturated heterocycles. The highest BCUT2D eigenvalue weighted by molar-refractivity contribution is 6.01. The molecule has 8 heteroatoms. The van der Waals surface area contributed by atoms with E-state index in [0.717, 1.165) is 54.1 Å². The van der Waals surface area contributed by atoms with Gasteiger partial charge in [0.25, 0.3) is 5.91 Å². The number of aromatic amines is 1. The van der Waals surface area contributed by atoms with Gasteiger partial charge >= 0.3 is 0 Å². The smallest absolute Gasteiger partial charge is 0.270 e. The number of fused-ring (bicyclic) bond motifs is 1. The van der Waals surface area contributed by atoms with E-state index in [4.69, 9.17) is 9.47 Å². The summed E-state index contributed by atoms with van der Waals surface area (Å²) in [7, 11) is 1.66. The molecule has 7 nitrogen and oxygen atoms in total. The first-order valence-electron chi connectivity index (χ1n) is 11.4. The molecule has 2 aromatic carbocycles. The number of aromatic nitrogens is 1. The molecule has 3 heterocycles. The molecule has 2 fully saturated rings. The summed E-state index contributed by atoms with van der Waals surface area (Å²) in [6.07, 6.45) is 0. The molecule has 0 saturated carbocycles. The van der Waals surface area contributed by atoms with Crippen LogP contribution in [-0.2, 0) is 11.3 Å². The first-order chi connectivity index (χ1) is 16.1. The fraction of sp³-hybridized carbons (Fsp3) is 0.400. The van der Waals surface area contributed by atoms with Crippen molar-refractivity contribution in [2.45, 2.75) is 6.54 Å². The Labute approximate surface area is 192 Å². The first-order valence-corrected chi connectivity index (χ1v) is 11.4. The SMILES string of the molecule is COc1ccc(N2CCN(C(=O)c3[nH]c4ccc(F)cc4c3CN3CCOCC3)CC2)cc1. The van der Waals surface area contributed by atoms with Gasteiger partial charge in [0, 0.05) is 68.0 Å². The number of carbonyl (C=O) groups excluding carboxylic acids is 1. The summed E-state index contributed by atoms with van der Waals surface area (Å²) in [5.74, 6) is 0.511. The summed E-state index contributed by atoms with van der Waals surface area (Å²) in [6, 6.07) is 12.7. The highest BCUT2D eigenvalue weighted by atomic mass is 19.1. The minimum atomic E-state index is -0.295. The van der Waals surface area contributed by atoms with Crippen LogP contribution in [0.15, 0.2) is 42.5 Å². The van der Waals surface area contributed by atoms with Gasteiger partial charge in [0.1, 0.15) is 17.3 Å². The van der Waals surface area contributed by atoms with Gasteiger partial charge in [-0.3, -0.25) is 9.69 Å². The number of benzene rings is 2. The second-order valence-electron chi connectivity index (χ2n) is 8.53. The molecule has 1 aromatic heterocycles. The number of hydrogen-bond acceptors (Lipinski definition) is 5. The van der Waals surface area contributed by atoms with Crippen LogP contribution in [-0.4, -0.2) is 80.3 Å². The molecule has 0 spiro atoms.